The number of hydrogen-bond donors (Lipinski definition) is 0. The summed E-state index contributed by atoms with van der Waals surface area (Å²) in [6.07, 6.45) is 0. The second-order valence-electron chi connectivity index (χ2n) is 5.66. The summed E-state index contributed by atoms with van der Waals surface area (Å²) in [6, 6.07) is 14.8. The molecule has 0 saturated carbocycles. The van der Waals surface area contributed by atoms with E-state index in [9.17, 15) is 9.59 Å². The Bertz CT molecular complexity index is 956. The highest BCUT2D eigenvalue weighted by Gasteiger charge is 2.28. The molecule has 3 rings (SSSR count). The first-order chi connectivity index (χ1) is 12.6. The lowest BCUT2D eigenvalue weighted by Gasteiger charge is -2.11. The van der Waals surface area contributed by atoms with E-state index in [1.54, 1.807) is 17.7 Å². The van der Waals surface area contributed by atoms with Gasteiger partial charge in [0.25, 0.3) is 0 Å². The molecule has 2 aromatic carbocycles. The van der Waals surface area contributed by atoms with Crippen molar-refractivity contribution in [3.05, 3.63) is 65.4 Å². The molecule has 0 atom stereocenters. The molecule has 6 nitrogen and oxygen atoms in total. The summed E-state index contributed by atoms with van der Waals surface area (Å²) in [7, 11) is 4.18. The van der Waals surface area contributed by atoms with Crippen molar-refractivity contribution in [2.75, 3.05) is 21.3 Å². The maximum atomic E-state index is 12.5. The van der Waals surface area contributed by atoms with Gasteiger partial charge >= 0.3 is 11.9 Å². The van der Waals surface area contributed by atoms with E-state index in [-0.39, 0.29) is 11.3 Å². The summed E-state index contributed by atoms with van der Waals surface area (Å²) < 4.78 is 16.8. The van der Waals surface area contributed by atoms with Crippen LogP contribution in [0, 0.1) is 0 Å². The fraction of sp³-hybridized carbons (Fsp3) is 0.200. The van der Waals surface area contributed by atoms with Gasteiger partial charge in [-0.2, -0.15) is 0 Å². The van der Waals surface area contributed by atoms with Crippen molar-refractivity contribution in [1.29, 1.82) is 0 Å². The van der Waals surface area contributed by atoms with Crippen molar-refractivity contribution >= 4 is 22.8 Å². The van der Waals surface area contributed by atoms with Gasteiger partial charge in [0, 0.05) is 17.4 Å². The molecular weight excluding hydrogens is 334 g/mol. The molecule has 0 saturated heterocycles. The lowest BCUT2D eigenvalue weighted by Crippen LogP contribution is -2.16. The van der Waals surface area contributed by atoms with Crippen LogP contribution >= 0.6 is 0 Å². The highest BCUT2D eigenvalue weighted by Crippen LogP contribution is 2.29. The van der Waals surface area contributed by atoms with Crippen LogP contribution in [0.3, 0.4) is 0 Å². The molecule has 0 radical (unpaired) electrons. The smallest absolute Gasteiger partial charge is 0.355 e. The molecule has 0 aliphatic carbocycles. The van der Waals surface area contributed by atoms with E-state index in [1.165, 1.54) is 14.2 Å². The third kappa shape index (κ3) is 3.01. The van der Waals surface area contributed by atoms with Crippen molar-refractivity contribution in [3.63, 3.8) is 0 Å². The molecule has 0 unspecified atom stereocenters. The first kappa shape index (κ1) is 17.5. The molecule has 1 heterocycles. The Labute approximate surface area is 150 Å². The molecule has 0 spiro atoms. The Balaban J connectivity index is 2.21. The number of esters is 2. The minimum Gasteiger partial charge on any atom is -0.497 e. The predicted octanol–water partition coefficient (Wildman–Crippen LogP) is 3.27. The molecule has 1 aromatic heterocycles. The normalized spacial score (nSPS) is 10.6. The zero-order valence-electron chi connectivity index (χ0n) is 14.8. The van der Waals surface area contributed by atoms with Crippen LogP contribution in [0.2, 0.25) is 0 Å². The Morgan fingerprint density at radius 2 is 1.54 bits per heavy atom. The van der Waals surface area contributed by atoms with Gasteiger partial charge < -0.3 is 18.8 Å². The number of carbonyl (C=O) groups is 2. The number of rotatable bonds is 5. The number of para-hydroxylation sites is 1. The maximum Gasteiger partial charge on any atom is 0.355 e. The van der Waals surface area contributed by atoms with Crippen LogP contribution in [0.4, 0.5) is 0 Å². The van der Waals surface area contributed by atoms with Crippen molar-refractivity contribution in [1.82, 2.24) is 4.57 Å². The van der Waals surface area contributed by atoms with Gasteiger partial charge in [-0.05, 0) is 23.8 Å². The van der Waals surface area contributed by atoms with E-state index in [1.807, 2.05) is 42.5 Å². The van der Waals surface area contributed by atoms with E-state index in [2.05, 4.69) is 0 Å². The number of benzene rings is 2. The third-order valence-electron chi connectivity index (χ3n) is 4.24. The van der Waals surface area contributed by atoms with Crippen LogP contribution < -0.4 is 4.74 Å². The topological polar surface area (TPSA) is 66.8 Å². The summed E-state index contributed by atoms with van der Waals surface area (Å²) in [4.78, 5) is 24.8. The molecule has 0 N–H and O–H groups in total. The SMILES string of the molecule is COC(=O)c1c(C(=O)OC)n(Cc2ccc(OC)cc2)c2ccccc12. The molecular formula is C20H19NO5. The van der Waals surface area contributed by atoms with Crippen LogP contribution in [0.5, 0.6) is 5.75 Å². The van der Waals surface area contributed by atoms with Gasteiger partial charge in [0.05, 0.1) is 21.3 Å². The quantitative estimate of drug-likeness (QED) is 0.659. The number of hydrogen-bond acceptors (Lipinski definition) is 5. The Hall–Kier alpha value is -3.28. The highest BCUT2D eigenvalue weighted by molar-refractivity contribution is 6.13. The number of ether oxygens (including phenoxy) is 3. The average Bonchev–Trinajstić information content (AvgIpc) is 3.01. The summed E-state index contributed by atoms with van der Waals surface area (Å²) >= 11 is 0. The van der Waals surface area contributed by atoms with Gasteiger partial charge in [-0.25, -0.2) is 9.59 Å². The van der Waals surface area contributed by atoms with Crippen LogP contribution in [0.15, 0.2) is 48.5 Å². The highest BCUT2D eigenvalue weighted by atomic mass is 16.5. The fourth-order valence-electron chi connectivity index (χ4n) is 3.00. The van der Waals surface area contributed by atoms with Gasteiger partial charge in [0.1, 0.15) is 17.0 Å². The standard InChI is InChI=1S/C20H19NO5/c1-24-14-10-8-13(9-11-14)12-21-16-7-5-4-6-15(16)17(19(22)25-2)18(21)20(23)26-3/h4-11H,12H2,1-3H3. The second kappa shape index (κ2) is 7.31. The zero-order chi connectivity index (χ0) is 18.7. The lowest BCUT2D eigenvalue weighted by molar-refractivity contribution is 0.0549. The molecule has 134 valence electrons. The molecule has 0 bridgehead atoms. The van der Waals surface area contributed by atoms with Gasteiger partial charge in [0.15, 0.2) is 0 Å². The predicted molar refractivity (Wildman–Crippen MR) is 96.7 cm³/mol. The number of nitrogens with zero attached hydrogens (tertiary/aromatic N) is 1. The minimum absolute atomic E-state index is 0.177. The van der Waals surface area contributed by atoms with E-state index in [0.29, 0.717) is 11.9 Å². The van der Waals surface area contributed by atoms with Gasteiger partial charge in [-0.15, -0.1) is 0 Å². The molecule has 3 aromatic rings. The van der Waals surface area contributed by atoms with Gasteiger partial charge in [-0.1, -0.05) is 30.3 Å². The molecule has 0 aliphatic heterocycles. The zero-order valence-corrected chi connectivity index (χ0v) is 14.8. The van der Waals surface area contributed by atoms with Gasteiger partial charge in [0.2, 0.25) is 0 Å². The summed E-state index contributed by atoms with van der Waals surface area (Å²) in [5.74, 6) is -0.417. The third-order valence-corrected chi connectivity index (χ3v) is 4.24. The van der Waals surface area contributed by atoms with Crippen molar-refractivity contribution in [2.45, 2.75) is 6.54 Å². The summed E-state index contributed by atoms with van der Waals surface area (Å²) in [6.45, 7) is 0.395. The summed E-state index contributed by atoms with van der Waals surface area (Å²) in [5, 5.41) is 0.647. The van der Waals surface area contributed by atoms with Crippen LogP contribution in [0.1, 0.15) is 26.4 Å². The molecule has 0 fully saturated rings. The molecule has 0 aliphatic rings. The first-order valence-electron chi connectivity index (χ1n) is 8.01. The molecule has 0 amide bonds. The van der Waals surface area contributed by atoms with E-state index >= 15 is 0 Å². The maximum absolute atomic E-state index is 12.5. The Morgan fingerprint density at radius 3 is 2.15 bits per heavy atom. The first-order valence-corrected chi connectivity index (χ1v) is 8.01. The van der Waals surface area contributed by atoms with Crippen molar-refractivity contribution in [2.24, 2.45) is 0 Å². The molecule has 6 heteroatoms. The van der Waals surface area contributed by atoms with E-state index < -0.39 is 11.9 Å². The number of aromatic nitrogens is 1. The number of fused-ring (bicyclic) bond motifs is 1. The number of carbonyl (C=O) groups excluding carboxylic acids is 2. The second-order valence-corrected chi connectivity index (χ2v) is 5.66. The Morgan fingerprint density at radius 1 is 0.885 bits per heavy atom. The number of methoxy groups -OCH3 is 3. The van der Waals surface area contributed by atoms with E-state index in [0.717, 1.165) is 16.8 Å². The lowest BCUT2D eigenvalue weighted by atomic mass is 10.1. The van der Waals surface area contributed by atoms with Crippen LogP contribution in [-0.4, -0.2) is 37.8 Å². The Kier molecular flexibility index (Phi) is 4.93. The molecule has 26 heavy (non-hydrogen) atoms. The van der Waals surface area contributed by atoms with Crippen molar-refractivity contribution in [3.8, 4) is 5.75 Å². The van der Waals surface area contributed by atoms with Crippen LogP contribution in [-0.2, 0) is 16.0 Å². The van der Waals surface area contributed by atoms with Crippen LogP contribution in [0.25, 0.3) is 10.9 Å². The van der Waals surface area contributed by atoms with Crippen molar-refractivity contribution < 1.29 is 23.8 Å². The van der Waals surface area contributed by atoms with Gasteiger partial charge in [-0.3, -0.25) is 0 Å². The monoisotopic (exact) mass is 353 g/mol. The summed E-state index contributed by atoms with van der Waals surface area (Å²) in [5.41, 5.74) is 2.09. The fourth-order valence-corrected chi connectivity index (χ4v) is 3.00. The minimum atomic E-state index is -0.588. The largest absolute Gasteiger partial charge is 0.497 e. The van der Waals surface area contributed by atoms with E-state index in [4.69, 9.17) is 14.2 Å². The average molecular weight is 353 g/mol.